The molecule has 0 saturated carbocycles. The second kappa shape index (κ2) is 5.89. The minimum atomic E-state index is -0.449. The Hall–Kier alpha value is -1.52. The highest BCUT2D eigenvalue weighted by Gasteiger charge is 2.05. The molecule has 5 heteroatoms. The lowest BCUT2D eigenvalue weighted by molar-refractivity contribution is 0.287. The predicted octanol–water partition coefficient (Wildman–Crippen LogP) is 2.86. The van der Waals surface area contributed by atoms with Crippen molar-refractivity contribution >= 4 is 11.6 Å². The minimum Gasteiger partial charge on any atom is -0.396 e. The first kappa shape index (κ1) is 12.9. The van der Waals surface area contributed by atoms with Gasteiger partial charge in [0, 0.05) is 24.8 Å². The van der Waals surface area contributed by atoms with Crippen LogP contribution >= 0.6 is 11.6 Å². The van der Waals surface area contributed by atoms with Gasteiger partial charge in [-0.15, -0.1) is 0 Å². The Morgan fingerprint density at radius 1 is 1.28 bits per heavy atom. The lowest BCUT2D eigenvalue weighted by Gasteiger charge is -2.04. The lowest BCUT2D eigenvalue weighted by Crippen LogP contribution is -1.98. The Balaban J connectivity index is 2.29. The summed E-state index contributed by atoms with van der Waals surface area (Å²) in [5.74, 6) is 0.206. The summed E-state index contributed by atoms with van der Waals surface area (Å²) in [7, 11) is 0. The summed E-state index contributed by atoms with van der Waals surface area (Å²) in [6.07, 6.45) is 2.87. The van der Waals surface area contributed by atoms with Gasteiger partial charge < -0.3 is 5.11 Å². The first-order valence-corrected chi connectivity index (χ1v) is 5.96. The van der Waals surface area contributed by atoms with Crippen LogP contribution in [0.3, 0.4) is 0 Å². The van der Waals surface area contributed by atoms with Gasteiger partial charge >= 0.3 is 0 Å². The molecule has 2 rings (SSSR count). The molecule has 3 nitrogen and oxygen atoms in total. The second-order valence-electron chi connectivity index (χ2n) is 3.81. The topological polar surface area (TPSA) is 46.0 Å². The molecule has 2 aromatic rings. The van der Waals surface area contributed by atoms with Gasteiger partial charge in [-0.25, -0.2) is 14.4 Å². The van der Waals surface area contributed by atoms with Crippen LogP contribution in [0.4, 0.5) is 4.39 Å². The van der Waals surface area contributed by atoms with Gasteiger partial charge in [0.1, 0.15) is 11.6 Å². The number of halogens is 2. The van der Waals surface area contributed by atoms with Crippen molar-refractivity contribution in [3.8, 4) is 11.3 Å². The molecule has 0 bridgehead atoms. The molecule has 18 heavy (non-hydrogen) atoms. The van der Waals surface area contributed by atoms with Gasteiger partial charge in [-0.1, -0.05) is 11.6 Å². The molecule has 0 aliphatic rings. The van der Waals surface area contributed by atoms with Crippen LogP contribution in [0.1, 0.15) is 12.2 Å². The Kier molecular flexibility index (Phi) is 4.23. The summed E-state index contributed by atoms with van der Waals surface area (Å²) in [4.78, 5) is 8.46. The third kappa shape index (κ3) is 3.03. The Morgan fingerprint density at radius 2 is 2.11 bits per heavy atom. The van der Waals surface area contributed by atoms with Crippen molar-refractivity contribution in [2.75, 3.05) is 6.61 Å². The van der Waals surface area contributed by atoms with Gasteiger partial charge in [-0.2, -0.15) is 0 Å². The van der Waals surface area contributed by atoms with Crippen LogP contribution in [-0.4, -0.2) is 21.7 Å². The van der Waals surface area contributed by atoms with Crippen LogP contribution in [0.5, 0.6) is 0 Å². The summed E-state index contributed by atoms with van der Waals surface area (Å²) < 4.78 is 13.1. The van der Waals surface area contributed by atoms with Crippen molar-refractivity contribution in [2.45, 2.75) is 12.8 Å². The Bertz CT molecular complexity index is 548. The van der Waals surface area contributed by atoms with Crippen molar-refractivity contribution in [1.82, 2.24) is 9.97 Å². The summed E-state index contributed by atoms with van der Waals surface area (Å²) in [5, 5.41) is 8.84. The molecule has 0 spiro atoms. The van der Waals surface area contributed by atoms with Gasteiger partial charge in [-0.3, -0.25) is 0 Å². The maximum Gasteiger partial charge on any atom is 0.141 e. The van der Waals surface area contributed by atoms with E-state index >= 15 is 0 Å². The fraction of sp³-hybridized carbons (Fsp3) is 0.231. The SMILES string of the molecule is OCCCc1nccc(-c2ccc(F)c(Cl)c2)n1. The van der Waals surface area contributed by atoms with E-state index in [-0.39, 0.29) is 11.6 Å². The first-order valence-electron chi connectivity index (χ1n) is 5.59. The fourth-order valence-corrected chi connectivity index (χ4v) is 1.75. The van der Waals surface area contributed by atoms with E-state index in [1.54, 1.807) is 18.3 Å². The molecule has 0 unspecified atom stereocenters. The average molecular weight is 267 g/mol. The second-order valence-corrected chi connectivity index (χ2v) is 4.22. The Labute approximate surface area is 109 Å². The number of rotatable bonds is 4. The number of aliphatic hydroxyl groups excluding tert-OH is 1. The summed E-state index contributed by atoms with van der Waals surface area (Å²) in [6, 6.07) is 6.22. The highest BCUT2D eigenvalue weighted by atomic mass is 35.5. The number of aromatic nitrogens is 2. The van der Waals surface area contributed by atoms with Crippen LogP contribution in [0.2, 0.25) is 5.02 Å². The molecule has 1 aromatic heterocycles. The van der Waals surface area contributed by atoms with Gasteiger partial charge in [0.2, 0.25) is 0 Å². The van der Waals surface area contributed by atoms with E-state index in [2.05, 4.69) is 9.97 Å². The number of aryl methyl sites for hydroxylation is 1. The summed E-state index contributed by atoms with van der Waals surface area (Å²) >= 11 is 5.74. The molecule has 0 amide bonds. The highest BCUT2D eigenvalue weighted by molar-refractivity contribution is 6.31. The molecule has 1 heterocycles. The number of benzene rings is 1. The van der Waals surface area contributed by atoms with Crippen molar-refractivity contribution in [2.24, 2.45) is 0 Å². The van der Waals surface area contributed by atoms with Gasteiger partial charge in [-0.05, 0) is 30.7 Å². The van der Waals surface area contributed by atoms with E-state index in [1.807, 2.05) is 0 Å². The molecule has 0 radical (unpaired) electrons. The zero-order chi connectivity index (χ0) is 13.0. The highest BCUT2D eigenvalue weighted by Crippen LogP contribution is 2.23. The Morgan fingerprint density at radius 3 is 2.83 bits per heavy atom. The van der Waals surface area contributed by atoms with E-state index in [4.69, 9.17) is 16.7 Å². The van der Waals surface area contributed by atoms with Crippen molar-refractivity contribution in [3.05, 3.63) is 47.1 Å². The van der Waals surface area contributed by atoms with Crippen LogP contribution in [0.15, 0.2) is 30.5 Å². The molecule has 94 valence electrons. The van der Waals surface area contributed by atoms with E-state index in [1.165, 1.54) is 12.1 Å². The summed E-state index contributed by atoms with van der Waals surface area (Å²) in [5.41, 5.74) is 1.44. The number of hydrogen-bond donors (Lipinski definition) is 1. The molecular formula is C13H12ClFN2O. The summed E-state index contributed by atoms with van der Waals surface area (Å²) in [6.45, 7) is 0.107. The zero-order valence-electron chi connectivity index (χ0n) is 9.61. The van der Waals surface area contributed by atoms with Gasteiger partial charge in [0.15, 0.2) is 0 Å². The molecule has 1 aromatic carbocycles. The third-order valence-electron chi connectivity index (χ3n) is 2.48. The van der Waals surface area contributed by atoms with E-state index in [0.717, 1.165) is 5.56 Å². The first-order chi connectivity index (χ1) is 8.70. The van der Waals surface area contributed by atoms with Crippen molar-refractivity contribution < 1.29 is 9.50 Å². The number of nitrogens with zero attached hydrogens (tertiary/aromatic N) is 2. The van der Waals surface area contributed by atoms with Crippen LogP contribution in [0.25, 0.3) is 11.3 Å². The predicted molar refractivity (Wildman–Crippen MR) is 67.8 cm³/mol. The molecule has 0 saturated heterocycles. The number of hydrogen-bond acceptors (Lipinski definition) is 3. The average Bonchev–Trinajstić information content (AvgIpc) is 2.40. The monoisotopic (exact) mass is 266 g/mol. The lowest BCUT2D eigenvalue weighted by atomic mass is 10.1. The van der Waals surface area contributed by atoms with Gasteiger partial charge in [0.25, 0.3) is 0 Å². The largest absolute Gasteiger partial charge is 0.396 e. The molecule has 0 fully saturated rings. The molecular weight excluding hydrogens is 255 g/mol. The quantitative estimate of drug-likeness (QED) is 0.926. The molecule has 1 N–H and O–H groups in total. The number of aliphatic hydroxyl groups is 1. The van der Waals surface area contributed by atoms with Crippen molar-refractivity contribution in [3.63, 3.8) is 0 Å². The van der Waals surface area contributed by atoms with E-state index < -0.39 is 5.82 Å². The van der Waals surface area contributed by atoms with E-state index in [9.17, 15) is 4.39 Å². The molecule has 0 atom stereocenters. The molecule has 0 aliphatic heterocycles. The van der Waals surface area contributed by atoms with E-state index in [0.29, 0.717) is 24.4 Å². The van der Waals surface area contributed by atoms with Crippen LogP contribution in [0, 0.1) is 5.82 Å². The fourth-order valence-electron chi connectivity index (χ4n) is 1.57. The van der Waals surface area contributed by atoms with Crippen molar-refractivity contribution in [1.29, 1.82) is 0 Å². The van der Waals surface area contributed by atoms with Crippen LogP contribution < -0.4 is 0 Å². The minimum absolute atomic E-state index is 0.0722. The molecule has 0 aliphatic carbocycles. The standard InChI is InChI=1S/C13H12ClFN2O/c14-10-8-9(3-4-11(10)15)12-5-6-16-13(17-12)2-1-7-18/h3-6,8,18H,1-2,7H2. The zero-order valence-corrected chi connectivity index (χ0v) is 10.4. The maximum atomic E-state index is 13.1. The van der Waals surface area contributed by atoms with Crippen LogP contribution in [-0.2, 0) is 6.42 Å². The smallest absolute Gasteiger partial charge is 0.141 e. The third-order valence-corrected chi connectivity index (χ3v) is 2.77. The maximum absolute atomic E-state index is 13.1. The van der Waals surface area contributed by atoms with Gasteiger partial charge in [0.05, 0.1) is 10.7 Å². The normalized spacial score (nSPS) is 10.6.